The van der Waals surface area contributed by atoms with Crippen molar-refractivity contribution in [2.24, 2.45) is 17.6 Å². The molecule has 3 N–H and O–H groups in total. The molecule has 0 aromatic carbocycles. The lowest BCUT2D eigenvalue weighted by Gasteiger charge is -2.28. The van der Waals surface area contributed by atoms with Gasteiger partial charge in [-0.25, -0.2) is 0 Å². The first-order chi connectivity index (χ1) is 9.13. The molecular weight excluding hydrogens is 236 g/mol. The second kappa shape index (κ2) is 7.28. The van der Waals surface area contributed by atoms with Gasteiger partial charge in [-0.3, -0.25) is 4.79 Å². The zero-order chi connectivity index (χ0) is 13.7. The van der Waals surface area contributed by atoms with E-state index in [4.69, 9.17) is 5.73 Å². The molecule has 2 fully saturated rings. The van der Waals surface area contributed by atoms with E-state index in [-0.39, 0.29) is 5.91 Å². The molecule has 2 saturated carbocycles. The Hall–Kier alpha value is -0.570. The van der Waals surface area contributed by atoms with Gasteiger partial charge in [-0.1, -0.05) is 19.8 Å². The lowest BCUT2D eigenvalue weighted by Crippen LogP contribution is -2.38. The van der Waals surface area contributed by atoms with Gasteiger partial charge in [0.05, 0.1) is 0 Å². The van der Waals surface area contributed by atoms with E-state index in [9.17, 15) is 4.79 Å². The molecule has 0 radical (unpaired) electrons. The Balaban J connectivity index is 1.61. The average Bonchev–Trinajstić information content (AvgIpc) is 2.38. The smallest absolute Gasteiger partial charge is 0.220 e. The van der Waals surface area contributed by atoms with Crippen molar-refractivity contribution in [3.05, 3.63) is 0 Å². The van der Waals surface area contributed by atoms with Crippen LogP contribution in [0.3, 0.4) is 0 Å². The van der Waals surface area contributed by atoms with Gasteiger partial charge in [0.25, 0.3) is 0 Å². The summed E-state index contributed by atoms with van der Waals surface area (Å²) in [5.41, 5.74) is 5.91. The Morgan fingerprint density at radius 2 is 1.89 bits per heavy atom. The number of amides is 1. The number of carbonyl (C=O) groups excluding carboxylic acids is 1. The van der Waals surface area contributed by atoms with E-state index in [1.165, 1.54) is 38.5 Å². The number of rotatable bonds is 4. The molecule has 0 spiro atoms. The van der Waals surface area contributed by atoms with Crippen LogP contribution in [0.25, 0.3) is 0 Å². The Labute approximate surface area is 117 Å². The molecule has 0 heterocycles. The fourth-order valence-electron chi connectivity index (χ4n) is 3.68. The van der Waals surface area contributed by atoms with E-state index in [1.807, 2.05) is 0 Å². The SMILES string of the molecule is CC1CCCC(NC(=O)CCC2CCC(N)CC2)C1. The number of nitrogens with two attached hydrogens (primary N) is 1. The summed E-state index contributed by atoms with van der Waals surface area (Å²) in [5, 5.41) is 3.23. The summed E-state index contributed by atoms with van der Waals surface area (Å²) >= 11 is 0. The Morgan fingerprint density at radius 1 is 1.16 bits per heavy atom. The van der Waals surface area contributed by atoms with Crippen molar-refractivity contribution in [3.8, 4) is 0 Å². The predicted octanol–water partition coefficient (Wildman–Crippen LogP) is 2.98. The van der Waals surface area contributed by atoms with Crippen LogP contribution < -0.4 is 11.1 Å². The Morgan fingerprint density at radius 3 is 2.58 bits per heavy atom. The molecule has 3 nitrogen and oxygen atoms in total. The molecule has 2 aliphatic carbocycles. The van der Waals surface area contributed by atoms with Crippen LogP contribution >= 0.6 is 0 Å². The van der Waals surface area contributed by atoms with E-state index in [0.717, 1.165) is 31.1 Å². The quantitative estimate of drug-likeness (QED) is 0.822. The van der Waals surface area contributed by atoms with Gasteiger partial charge >= 0.3 is 0 Å². The summed E-state index contributed by atoms with van der Waals surface area (Å²) in [6.45, 7) is 2.30. The van der Waals surface area contributed by atoms with Crippen molar-refractivity contribution in [1.29, 1.82) is 0 Å². The highest BCUT2D eigenvalue weighted by molar-refractivity contribution is 5.76. The minimum absolute atomic E-state index is 0.272. The molecule has 2 unspecified atom stereocenters. The molecule has 0 aliphatic heterocycles. The minimum atomic E-state index is 0.272. The molecule has 0 aromatic heterocycles. The average molecular weight is 266 g/mol. The van der Waals surface area contributed by atoms with Gasteiger partial charge in [-0.15, -0.1) is 0 Å². The fourth-order valence-corrected chi connectivity index (χ4v) is 3.68. The van der Waals surface area contributed by atoms with Crippen molar-refractivity contribution in [1.82, 2.24) is 5.32 Å². The molecule has 2 rings (SSSR count). The van der Waals surface area contributed by atoms with Gasteiger partial charge in [0.1, 0.15) is 0 Å². The molecule has 1 amide bonds. The van der Waals surface area contributed by atoms with Gasteiger partial charge in [-0.05, 0) is 56.8 Å². The van der Waals surface area contributed by atoms with Crippen LogP contribution in [0.15, 0.2) is 0 Å². The summed E-state index contributed by atoms with van der Waals surface area (Å²) in [5.74, 6) is 1.78. The summed E-state index contributed by atoms with van der Waals surface area (Å²) in [7, 11) is 0. The summed E-state index contributed by atoms with van der Waals surface area (Å²) in [4.78, 5) is 12.0. The third-order valence-corrected chi connectivity index (χ3v) is 4.97. The monoisotopic (exact) mass is 266 g/mol. The van der Waals surface area contributed by atoms with Crippen LogP contribution in [0.1, 0.15) is 71.1 Å². The predicted molar refractivity (Wildman–Crippen MR) is 78.7 cm³/mol. The summed E-state index contributed by atoms with van der Waals surface area (Å²) < 4.78 is 0. The highest BCUT2D eigenvalue weighted by Crippen LogP contribution is 2.27. The third-order valence-electron chi connectivity index (χ3n) is 4.97. The molecule has 0 bridgehead atoms. The van der Waals surface area contributed by atoms with Crippen molar-refractivity contribution in [2.45, 2.75) is 83.2 Å². The first-order valence-corrected chi connectivity index (χ1v) is 8.18. The van der Waals surface area contributed by atoms with Gasteiger partial charge in [0, 0.05) is 18.5 Å². The lowest BCUT2D eigenvalue weighted by molar-refractivity contribution is -0.122. The molecule has 19 heavy (non-hydrogen) atoms. The molecule has 3 heteroatoms. The van der Waals surface area contributed by atoms with Crippen molar-refractivity contribution in [3.63, 3.8) is 0 Å². The van der Waals surface area contributed by atoms with Crippen molar-refractivity contribution in [2.75, 3.05) is 0 Å². The molecule has 2 aliphatic rings. The molecule has 0 aromatic rings. The maximum Gasteiger partial charge on any atom is 0.220 e. The first-order valence-electron chi connectivity index (χ1n) is 8.18. The zero-order valence-corrected chi connectivity index (χ0v) is 12.4. The van der Waals surface area contributed by atoms with Gasteiger partial charge < -0.3 is 11.1 Å². The topological polar surface area (TPSA) is 55.1 Å². The fraction of sp³-hybridized carbons (Fsp3) is 0.938. The molecule has 0 saturated heterocycles. The third kappa shape index (κ3) is 5.13. The van der Waals surface area contributed by atoms with Gasteiger partial charge in [-0.2, -0.15) is 0 Å². The lowest BCUT2D eigenvalue weighted by atomic mass is 9.83. The van der Waals surface area contributed by atoms with E-state index in [1.54, 1.807) is 0 Å². The van der Waals surface area contributed by atoms with Crippen LogP contribution in [0.4, 0.5) is 0 Å². The van der Waals surface area contributed by atoms with Crippen LogP contribution in [-0.2, 0) is 4.79 Å². The number of carbonyl (C=O) groups is 1. The van der Waals surface area contributed by atoms with Crippen LogP contribution in [0.5, 0.6) is 0 Å². The highest BCUT2D eigenvalue weighted by Gasteiger charge is 2.22. The number of hydrogen-bond acceptors (Lipinski definition) is 2. The Bertz CT molecular complexity index is 284. The van der Waals surface area contributed by atoms with E-state index < -0.39 is 0 Å². The van der Waals surface area contributed by atoms with E-state index in [0.29, 0.717) is 18.5 Å². The largest absolute Gasteiger partial charge is 0.353 e. The zero-order valence-electron chi connectivity index (χ0n) is 12.4. The maximum atomic E-state index is 12.0. The van der Waals surface area contributed by atoms with Crippen LogP contribution in [-0.4, -0.2) is 18.0 Å². The van der Waals surface area contributed by atoms with Gasteiger partial charge in [0.2, 0.25) is 5.91 Å². The van der Waals surface area contributed by atoms with E-state index in [2.05, 4.69) is 12.2 Å². The minimum Gasteiger partial charge on any atom is -0.353 e. The molecule has 2 atom stereocenters. The van der Waals surface area contributed by atoms with E-state index >= 15 is 0 Å². The standard InChI is InChI=1S/C16H30N2O/c1-12-3-2-4-15(11-12)18-16(19)10-7-13-5-8-14(17)9-6-13/h12-15H,2-11,17H2,1H3,(H,18,19). The molecular formula is C16H30N2O. The maximum absolute atomic E-state index is 12.0. The summed E-state index contributed by atoms with van der Waals surface area (Å²) in [6.07, 6.45) is 11.4. The second-order valence-corrected chi connectivity index (χ2v) is 6.86. The normalized spacial score (nSPS) is 35.9. The second-order valence-electron chi connectivity index (χ2n) is 6.86. The van der Waals surface area contributed by atoms with Crippen molar-refractivity contribution < 1.29 is 4.79 Å². The van der Waals surface area contributed by atoms with Crippen LogP contribution in [0.2, 0.25) is 0 Å². The summed E-state index contributed by atoms with van der Waals surface area (Å²) in [6, 6.07) is 0.852. The first kappa shape index (κ1) is 14.8. The van der Waals surface area contributed by atoms with Gasteiger partial charge in [0.15, 0.2) is 0 Å². The molecule has 110 valence electrons. The highest BCUT2D eigenvalue weighted by atomic mass is 16.1. The van der Waals surface area contributed by atoms with Crippen LogP contribution in [0, 0.1) is 11.8 Å². The number of nitrogens with one attached hydrogen (secondary N) is 1. The van der Waals surface area contributed by atoms with Crippen molar-refractivity contribution >= 4 is 5.91 Å². The Kier molecular flexibility index (Phi) is 5.68. The number of hydrogen-bond donors (Lipinski definition) is 2.